The molecule has 0 aliphatic heterocycles. The van der Waals surface area contributed by atoms with Crippen LogP contribution in [0.1, 0.15) is 52.0 Å². The van der Waals surface area contributed by atoms with Gasteiger partial charge in [-0.3, -0.25) is 9.59 Å². The van der Waals surface area contributed by atoms with Crippen LogP contribution in [-0.2, 0) is 16.0 Å². The predicted octanol–water partition coefficient (Wildman–Crippen LogP) is 3.05. The Hall–Kier alpha value is -1.59. The van der Waals surface area contributed by atoms with Crippen LogP contribution in [0.3, 0.4) is 0 Å². The first-order valence-electron chi connectivity index (χ1n) is 10.1. The minimum absolute atomic E-state index is 0. The van der Waals surface area contributed by atoms with Crippen LogP contribution < -0.4 is 16.8 Å². The first-order chi connectivity index (χ1) is 12.8. The van der Waals surface area contributed by atoms with Gasteiger partial charge in [0, 0.05) is 6.04 Å². The quantitative estimate of drug-likeness (QED) is 0.615. The summed E-state index contributed by atoms with van der Waals surface area (Å²) in [5, 5.41) is 3.04. The van der Waals surface area contributed by atoms with Crippen LogP contribution >= 0.6 is 12.4 Å². The van der Waals surface area contributed by atoms with E-state index in [9.17, 15) is 9.59 Å². The number of hydrogen-bond acceptors (Lipinski definition) is 3. The molecule has 3 unspecified atom stereocenters. The van der Waals surface area contributed by atoms with Gasteiger partial charge in [0.15, 0.2) is 0 Å². The average molecular weight is 410 g/mol. The third-order valence-electron chi connectivity index (χ3n) is 6.17. The van der Waals surface area contributed by atoms with Gasteiger partial charge in [-0.1, -0.05) is 57.5 Å². The molecule has 0 bridgehead atoms. The molecule has 0 heterocycles. The Labute approximate surface area is 175 Å². The second-order valence-corrected chi connectivity index (χ2v) is 8.62. The molecule has 4 atom stereocenters. The number of nitrogens with two attached hydrogens (primary N) is 2. The molecule has 2 amide bonds. The molecule has 28 heavy (non-hydrogen) atoms. The third kappa shape index (κ3) is 5.95. The van der Waals surface area contributed by atoms with Gasteiger partial charge in [0.1, 0.15) is 0 Å². The lowest BCUT2D eigenvalue weighted by atomic mass is 9.57. The lowest BCUT2D eigenvalue weighted by Gasteiger charge is -2.48. The Kier molecular flexibility index (Phi) is 9.45. The lowest BCUT2D eigenvalue weighted by Crippen LogP contribution is -2.53. The standard InChI is InChI=1S/C22H35N3O2.ClH/c1-15(2)19-10-9-16(3)12-22(19,21(24)27)13-18(25-20(26)14-23)11-17-7-5-4-6-8-17;/h4-8,15-16,18-19H,9-14,23H2,1-3H3,(H2,24,27)(H,25,26);1H/t16?,18-,19?,22?;/m0./s1. The van der Waals surface area contributed by atoms with Crippen molar-refractivity contribution in [3.8, 4) is 0 Å². The van der Waals surface area contributed by atoms with Gasteiger partial charge in [-0.05, 0) is 49.0 Å². The summed E-state index contributed by atoms with van der Waals surface area (Å²) >= 11 is 0. The maximum Gasteiger partial charge on any atom is 0.233 e. The molecule has 0 aromatic heterocycles. The first-order valence-corrected chi connectivity index (χ1v) is 10.1. The van der Waals surface area contributed by atoms with E-state index in [-0.39, 0.29) is 42.7 Å². The molecule has 1 saturated carbocycles. The van der Waals surface area contributed by atoms with Crippen molar-refractivity contribution in [2.24, 2.45) is 34.6 Å². The number of carbonyl (C=O) groups is 2. The summed E-state index contributed by atoms with van der Waals surface area (Å²) in [6.07, 6.45) is 4.15. The van der Waals surface area contributed by atoms with Crippen molar-refractivity contribution in [2.75, 3.05) is 6.54 Å². The van der Waals surface area contributed by atoms with E-state index >= 15 is 0 Å². The van der Waals surface area contributed by atoms with Crippen molar-refractivity contribution < 1.29 is 9.59 Å². The van der Waals surface area contributed by atoms with Crippen LogP contribution in [0.25, 0.3) is 0 Å². The normalized spacial score (nSPS) is 25.6. The van der Waals surface area contributed by atoms with Crippen LogP contribution in [0.4, 0.5) is 0 Å². The zero-order valence-corrected chi connectivity index (χ0v) is 18.1. The van der Waals surface area contributed by atoms with Crippen LogP contribution in [0, 0.1) is 23.2 Å². The van der Waals surface area contributed by atoms with E-state index < -0.39 is 5.41 Å². The van der Waals surface area contributed by atoms with Gasteiger partial charge in [0.25, 0.3) is 0 Å². The maximum atomic E-state index is 12.8. The van der Waals surface area contributed by atoms with Crippen molar-refractivity contribution in [3.05, 3.63) is 35.9 Å². The molecular weight excluding hydrogens is 374 g/mol. The van der Waals surface area contributed by atoms with Gasteiger partial charge in [0.2, 0.25) is 11.8 Å². The predicted molar refractivity (Wildman–Crippen MR) is 116 cm³/mol. The Morgan fingerprint density at radius 2 is 1.86 bits per heavy atom. The molecule has 0 radical (unpaired) electrons. The summed E-state index contributed by atoms with van der Waals surface area (Å²) in [6.45, 7) is 6.48. The molecule has 1 aliphatic carbocycles. The van der Waals surface area contributed by atoms with Crippen LogP contribution in [0.2, 0.25) is 0 Å². The molecule has 0 saturated heterocycles. The van der Waals surface area contributed by atoms with Crippen molar-refractivity contribution in [1.29, 1.82) is 0 Å². The number of amides is 2. The van der Waals surface area contributed by atoms with Crippen LogP contribution in [0.15, 0.2) is 30.3 Å². The van der Waals surface area contributed by atoms with Crippen molar-refractivity contribution in [3.63, 3.8) is 0 Å². The summed E-state index contributed by atoms with van der Waals surface area (Å²) in [5.74, 6) is 0.634. The average Bonchev–Trinajstić information content (AvgIpc) is 2.61. The smallest absolute Gasteiger partial charge is 0.233 e. The molecule has 6 heteroatoms. The van der Waals surface area contributed by atoms with Gasteiger partial charge in [-0.15, -0.1) is 12.4 Å². The number of primary amides is 1. The molecular formula is C22H36ClN3O2. The van der Waals surface area contributed by atoms with E-state index in [1.54, 1.807) is 0 Å². The lowest BCUT2D eigenvalue weighted by molar-refractivity contribution is -0.138. The molecule has 5 N–H and O–H groups in total. The van der Waals surface area contributed by atoms with Gasteiger partial charge >= 0.3 is 0 Å². The van der Waals surface area contributed by atoms with Gasteiger partial charge in [-0.25, -0.2) is 0 Å². The van der Waals surface area contributed by atoms with E-state index in [1.165, 1.54) is 0 Å². The Bertz CT molecular complexity index is 638. The maximum absolute atomic E-state index is 12.8. The van der Waals surface area contributed by atoms with E-state index in [1.807, 2.05) is 30.3 Å². The highest BCUT2D eigenvalue weighted by atomic mass is 35.5. The van der Waals surface area contributed by atoms with E-state index in [0.717, 1.165) is 24.8 Å². The zero-order chi connectivity index (χ0) is 20.0. The summed E-state index contributed by atoms with van der Waals surface area (Å²) in [4.78, 5) is 24.8. The molecule has 5 nitrogen and oxygen atoms in total. The largest absolute Gasteiger partial charge is 0.369 e. The zero-order valence-electron chi connectivity index (χ0n) is 17.3. The number of benzene rings is 1. The monoisotopic (exact) mass is 409 g/mol. The number of nitrogens with one attached hydrogen (secondary N) is 1. The van der Waals surface area contributed by atoms with Crippen molar-refractivity contribution in [1.82, 2.24) is 5.32 Å². The third-order valence-corrected chi connectivity index (χ3v) is 6.17. The van der Waals surface area contributed by atoms with Gasteiger partial charge in [-0.2, -0.15) is 0 Å². The molecule has 2 rings (SSSR count). The summed E-state index contributed by atoms with van der Waals surface area (Å²) in [5.41, 5.74) is 12.1. The molecule has 0 spiro atoms. The van der Waals surface area contributed by atoms with Crippen molar-refractivity contribution >= 4 is 24.2 Å². The number of halogens is 1. The number of carbonyl (C=O) groups excluding carboxylic acids is 2. The van der Waals surface area contributed by atoms with E-state index in [0.29, 0.717) is 24.7 Å². The molecule has 1 aromatic rings. The van der Waals surface area contributed by atoms with E-state index in [4.69, 9.17) is 11.5 Å². The SMILES string of the molecule is CC1CCC(C(C)C)C(C[C@H](Cc2ccccc2)NC(=O)CN)(C(N)=O)C1.Cl. The highest BCUT2D eigenvalue weighted by molar-refractivity contribution is 5.85. The fraction of sp³-hybridized carbons (Fsp3) is 0.636. The second-order valence-electron chi connectivity index (χ2n) is 8.62. The van der Waals surface area contributed by atoms with Crippen LogP contribution in [-0.4, -0.2) is 24.4 Å². The van der Waals surface area contributed by atoms with Crippen molar-refractivity contribution in [2.45, 2.75) is 58.9 Å². The Morgan fingerprint density at radius 1 is 1.21 bits per heavy atom. The minimum atomic E-state index is -0.590. The molecule has 158 valence electrons. The number of hydrogen-bond donors (Lipinski definition) is 3. The fourth-order valence-corrected chi connectivity index (χ4v) is 5.00. The molecule has 1 aromatic carbocycles. The first kappa shape index (κ1) is 24.4. The molecule has 1 aliphatic rings. The summed E-state index contributed by atoms with van der Waals surface area (Å²) in [6, 6.07) is 9.87. The van der Waals surface area contributed by atoms with Gasteiger partial charge in [0.05, 0.1) is 12.0 Å². The van der Waals surface area contributed by atoms with Crippen LogP contribution in [0.5, 0.6) is 0 Å². The van der Waals surface area contributed by atoms with E-state index in [2.05, 4.69) is 26.1 Å². The Morgan fingerprint density at radius 3 is 2.39 bits per heavy atom. The summed E-state index contributed by atoms with van der Waals surface area (Å²) in [7, 11) is 0. The minimum Gasteiger partial charge on any atom is -0.369 e. The highest BCUT2D eigenvalue weighted by Crippen LogP contribution is 2.50. The highest BCUT2D eigenvalue weighted by Gasteiger charge is 2.49. The second kappa shape index (κ2) is 10.8. The number of rotatable bonds is 8. The van der Waals surface area contributed by atoms with Gasteiger partial charge < -0.3 is 16.8 Å². The molecule has 1 fully saturated rings. The Balaban J connectivity index is 0.00000392. The summed E-state index contributed by atoms with van der Waals surface area (Å²) < 4.78 is 0. The topological polar surface area (TPSA) is 98.2 Å². The fourth-order valence-electron chi connectivity index (χ4n) is 5.00.